The SMILES string of the molecule is O=C(C=Cc1cnc(N[C@@H]2CCN(C3CCCCC3)C2)cn1)NOC1CCCCO1. The topological polar surface area (TPSA) is 88.6 Å². The molecule has 30 heavy (non-hydrogen) atoms. The zero-order valence-corrected chi connectivity index (χ0v) is 17.6. The zero-order chi connectivity index (χ0) is 20.6. The van der Waals surface area contributed by atoms with Gasteiger partial charge in [0.25, 0.3) is 5.91 Å². The Morgan fingerprint density at radius 2 is 1.97 bits per heavy atom. The lowest BCUT2D eigenvalue weighted by molar-refractivity contribution is -0.198. The molecule has 1 unspecified atom stereocenters. The molecule has 2 saturated heterocycles. The standard InChI is InChI=1S/C22H33N5O3/c28-21(26-30-22-8-4-5-13-29-22)10-9-17-14-24-20(15-23-17)25-18-11-12-27(16-18)19-6-2-1-3-7-19/h9-10,14-15,18-19,22H,1-8,11-13,16H2,(H,24,25)(H,26,28)/t18-,22?/m1/s1. The van der Waals surface area contributed by atoms with Crippen molar-refractivity contribution in [1.29, 1.82) is 0 Å². The maximum atomic E-state index is 11.9. The minimum Gasteiger partial charge on any atom is -0.365 e. The molecule has 164 valence electrons. The summed E-state index contributed by atoms with van der Waals surface area (Å²) < 4.78 is 5.41. The van der Waals surface area contributed by atoms with E-state index in [1.165, 1.54) is 44.7 Å². The summed E-state index contributed by atoms with van der Waals surface area (Å²) in [7, 11) is 0. The minimum atomic E-state index is -0.356. The van der Waals surface area contributed by atoms with E-state index in [2.05, 4.69) is 25.7 Å². The quantitative estimate of drug-likeness (QED) is 0.523. The molecule has 0 aromatic carbocycles. The molecule has 4 rings (SSSR count). The van der Waals surface area contributed by atoms with Gasteiger partial charge < -0.3 is 10.1 Å². The van der Waals surface area contributed by atoms with E-state index in [-0.39, 0.29) is 12.2 Å². The molecule has 8 nitrogen and oxygen atoms in total. The second-order valence-corrected chi connectivity index (χ2v) is 8.46. The Kier molecular flexibility index (Phi) is 7.66. The van der Waals surface area contributed by atoms with E-state index in [1.54, 1.807) is 18.5 Å². The summed E-state index contributed by atoms with van der Waals surface area (Å²) in [4.78, 5) is 28.6. The first-order valence-corrected chi connectivity index (χ1v) is 11.3. The molecule has 1 amide bonds. The van der Waals surface area contributed by atoms with E-state index < -0.39 is 0 Å². The first-order chi connectivity index (χ1) is 14.8. The van der Waals surface area contributed by atoms with Gasteiger partial charge in [-0.05, 0) is 38.2 Å². The molecule has 0 radical (unpaired) electrons. The average Bonchev–Trinajstić information content (AvgIpc) is 3.27. The molecule has 3 heterocycles. The molecule has 1 aromatic rings. The largest absolute Gasteiger partial charge is 0.365 e. The van der Waals surface area contributed by atoms with Crippen molar-refractivity contribution in [3.05, 3.63) is 24.2 Å². The molecule has 8 heteroatoms. The van der Waals surface area contributed by atoms with Gasteiger partial charge >= 0.3 is 0 Å². The summed E-state index contributed by atoms with van der Waals surface area (Å²) in [6.45, 7) is 2.92. The number of rotatable bonds is 7. The second kappa shape index (κ2) is 10.8. The lowest BCUT2D eigenvalue weighted by atomic mass is 9.94. The summed E-state index contributed by atoms with van der Waals surface area (Å²) in [5.41, 5.74) is 3.02. The molecule has 3 aliphatic rings. The number of nitrogens with zero attached hydrogens (tertiary/aromatic N) is 3. The highest BCUT2D eigenvalue weighted by Gasteiger charge is 2.29. The number of hydrogen-bond acceptors (Lipinski definition) is 7. The predicted octanol–water partition coefficient (Wildman–Crippen LogP) is 2.88. The van der Waals surface area contributed by atoms with E-state index in [0.717, 1.165) is 44.1 Å². The molecule has 2 N–H and O–H groups in total. The van der Waals surface area contributed by atoms with Crippen LogP contribution in [0.2, 0.25) is 0 Å². The van der Waals surface area contributed by atoms with Gasteiger partial charge in [0.1, 0.15) is 5.82 Å². The highest BCUT2D eigenvalue weighted by molar-refractivity contribution is 5.90. The number of hydroxylamine groups is 1. The van der Waals surface area contributed by atoms with E-state index in [1.807, 2.05) is 0 Å². The van der Waals surface area contributed by atoms with Crippen LogP contribution in [0.4, 0.5) is 5.82 Å². The molecule has 2 aliphatic heterocycles. The van der Waals surface area contributed by atoms with Gasteiger partial charge in [0, 0.05) is 44.3 Å². The molecule has 1 aromatic heterocycles. The first-order valence-electron chi connectivity index (χ1n) is 11.3. The van der Waals surface area contributed by atoms with E-state index >= 15 is 0 Å². The second-order valence-electron chi connectivity index (χ2n) is 8.46. The third-order valence-corrected chi connectivity index (χ3v) is 6.17. The Bertz CT molecular complexity index is 699. The Morgan fingerprint density at radius 3 is 2.73 bits per heavy atom. The van der Waals surface area contributed by atoms with Gasteiger partial charge in [0.05, 0.1) is 18.1 Å². The summed E-state index contributed by atoms with van der Waals surface area (Å²) in [5.74, 6) is 0.437. The van der Waals surface area contributed by atoms with Crippen molar-refractivity contribution >= 4 is 17.8 Å². The van der Waals surface area contributed by atoms with E-state index in [4.69, 9.17) is 9.57 Å². The van der Waals surface area contributed by atoms with Crippen LogP contribution < -0.4 is 10.8 Å². The number of carbonyl (C=O) groups excluding carboxylic acids is 1. The van der Waals surface area contributed by atoms with Crippen LogP contribution in [0.5, 0.6) is 0 Å². The molecular weight excluding hydrogens is 382 g/mol. The molecule has 1 saturated carbocycles. The van der Waals surface area contributed by atoms with Crippen LogP contribution in [0.3, 0.4) is 0 Å². The number of aromatic nitrogens is 2. The summed E-state index contributed by atoms with van der Waals surface area (Å²) in [5, 5.41) is 3.51. The van der Waals surface area contributed by atoms with Crippen molar-refractivity contribution in [2.45, 2.75) is 76.2 Å². The van der Waals surface area contributed by atoms with Crippen LogP contribution in [0.25, 0.3) is 6.08 Å². The number of likely N-dealkylation sites (tertiary alicyclic amines) is 1. The maximum Gasteiger partial charge on any atom is 0.267 e. The lowest BCUT2D eigenvalue weighted by Crippen LogP contribution is -2.36. The van der Waals surface area contributed by atoms with Crippen molar-refractivity contribution in [3.63, 3.8) is 0 Å². The molecule has 3 fully saturated rings. The van der Waals surface area contributed by atoms with Crippen molar-refractivity contribution in [2.24, 2.45) is 0 Å². The van der Waals surface area contributed by atoms with E-state index in [9.17, 15) is 4.79 Å². The first kappa shape index (κ1) is 21.2. The molecule has 0 bridgehead atoms. The fourth-order valence-electron chi connectivity index (χ4n) is 4.51. The highest BCUT2D eigenvalue weighted by Crippen LogP contribution is 2.26. The van der Waals surface area contributed by atoms with Crippen molar-refractivity contribution in [1.82, 2.24) is 20.3 Å². The van der Waals surface area contributed by atoms with Gasteiger partial charge in [0.2, 0.25) is 0 Å². The average molecular weight is 416 g/mol. The van der Waals surface area contributed by atoms with Gasteiger partial charge in [-0.2, -0.15) is 0 Å². The number of ether oxygens (including phenoxy) is 1. The van der Waals surface area contributed by atoms with Crippen LogP contribution in [0.15, 0.2) is 18.5 Å². The summed E-state index contributed by atoms with van der Waals surface area (Å²) in [6.07, 6.45) is 16.9. The number of anilines is 1. The fraction of sp³-hybridized carbons (Fsp3) is 0.682. The normalized spacial score (nSPS) is 26.1. The van der Waals surface area contributed by atoms with Gasteiger partial charge in [0.15, 0.2) is 6.29 Å². The minimum absolute atomic E-state index is 0.345. The Balaban J connectivity index is 1.19. The third kappa shape index (κ3) is 6.23. The van der Waals surface area contributed by atoms with E-state index in [0.29, 0.717) is 18.3 Å². The van der Waals surface area contributed by atoms with Crippen LogP contribution in [0, 0.1) is 0 Å². The molecule has 2 atom stereocenters. The molecule has 0 spiro atoms. The predicted molar refractivity (Wildman–Crippen MR) is 114 cm³/mol. The number of hydrogen-bond donors (Lipinski definition) is 2. The zero-order valence-electron chi connectivity index (χ0n) is 17.6. The number of amides is 1. The van der Waals surface area contributed by atoms with Crippen LogP contribution in [0.1, 0.15) is 63.5 Å². The summed E-state index contributed by atoms with van der Waals surface area (Å²) in [6, 6.07) is 1.19. The Hall–Kier alpha value is -2.03. The third-order valence-electron chi connectivity index (χ3n) is 6.17. The Labute approximate surface area is 178 Å². The lowest BCUT2D eigenvalue weighted by Gasteiger charge is -2.31. The molecular formula is C22H33N5O3. The van der Waals surface area contributed by atoms with Gasteiger partial charge in [-0.15, -0.1) is 0 Å². The fourth-order valence-corrected chi connectivity index (χ4v) is 4.51. The van der Waals surface area contributed by atoms with Crippen molar-refractivity contribution < 1.29 is 14.4 Å². The van der Waals surface area contributed by atoms with Crippen LogP contribution >= 0.6 is 0 Å². The van der Waals surface area contributed by atoms with Crippen molar-refractivity contribution in [2.75, 3.05) is 25.0 Å². The Morgan fingerprint density at radius 1 is 1.10 bits per heavy atom. The molecule has 1 aliphatic carbocycles. The highest BCUT2D eigenvalue weighted by atomic mass is 16.8. The van der Waals surface area contributed by atoms with Gasteiger partial charge in [-0.25, -0.2) is 15.3 Å². The smallest absolute Gasteiger partial charge is 0.267 e. The monoisotopic (exact) mass is 415 g/mol. The van der Waals surface area contributed by atoms with Gasteiger partial charge in [-0.1, -0.05) is 19.3 Å². The number of nitrogens with one attached hydrogen (secondary N) is 2. The van der Waals surface area contributed by atoms with Gasteiger partial charge in [-0.3, -0.25) is 14.7 Å². The summed E-state index contributed by atoms with van der Waals surface area (Å²) >= 11 is 0. The van der Waals surface area contributed by atoms with Crippen molar-refractivity contribution in [3.8, 4) is 0 Å². The maximum absolute atomic E-state index is 11.9. The van der Waals surface area contributed by atoms with Crippen LogP contribution in [-0.2, 0) is 14.4 Å². The van der Waals surface area contributed by atoms with Crippen LogP contribution in [-0.4, -0.2) is 58.8 Å². The number of carbonyl (C=O) groups is 1.